The standard InChI is InChI=1S/C19H14BrClN2O2/c1-11-19(12(2)24)15-9-18(25-8-7-22)16(20)10-17(15)23(11)14-5-3-13(21)4-6-14/h3-6,9-10H,8H2,1-2H3. The molecule has 0 N–H and O–H groups in total. The highest BCUT2D eigenvalue weighted by Crippen LogP contribution is 2.37. The molecule has 0 aliphatic carbocycles. The smallest absolute Gasteiger partial charge is 0.174 e. The fourth-order valence-electron chi connectivity index (χ4n) is 3.00. The summed E-state index contributed by atoms with van der Waals surface area (Å²) in [4.78, 5) is 12.2. The number of ketones is 1. The lowest BCUT2D eigenvalue weighted by Gasteiger charge is -2.10. The molecule has 0 bridgehead atoms. The average Bonchev–Trinajstić information content (AvgIpc) is 2.84. The van der Waals surface area contributed by atoms with Crippen LogP contribution in [0.25, 0.3) is 16.6 Å². The summed E-state index contributed by atoms with van der Waals surface area (Å²) >= 11 is 9.48. The molecule has 0 aliphatic heterocycles. The second-order valence-corrected chi connectivity index (χ2v) is 6.87. The zero-order valence-corrected chi connectivity index (χ0v) is 16.0. The van der Waals surface area contributed by atoms with E-state index in [1.165, 1.54) is 0 Å². The summed E-state index contributed by atoms with van der Waals surface area (Å²) in [6, 6.07) is 13.1. The molecule has 4 nitrogen and oxygen atoms in total. The van der Waals surface area contributed by atoms with Crippen LogP contribution in [0.15, 0.2) is 40.9 Å². The van der Waals surface area contributed by atoms with E-state index in [9.17, 15) is 4.79 Å². The van der Waals surface area contributed by atoms with Crippen LogP contribution in [-0.2, 0) is 0 Å². The van der Waals surface area contributed by atoms with Gasteiger partial charge < -0.3 is 9.30 Å². The van der Waals surface area contributed by atoms with Gasteiger partial charge in [-0.2, -0.15) is 5.26 Å². The number of fused-ring (bicyclic) bond motifs is 1. The Balaban J connectivity index is 2.33. The molecule has 6 heteroatoms. The van der Waals surface area contributed by atoms with Gasteiger partial charge in [-0.3, -0.25) is 4.79 Å². The van der Waals surface area contributed by atoms with Crippen molar-refractivity contribution in [2.24, 2.45) is 0 Å². The van der Waals surface area contributed by atoms with Gasteiger partial charge in [0.15, 0.2) is 12.4 Å². The van der Waals surface area contributed by atoms with E-state index >= 15 is 0 Å². The SMILES string of the molecule is CC(=O)c1c(C)n(-c2ccc(Cl)cc2)c2cc(Br)c(OCC#N)cc12. The van der Waals surface area contributed by atoms with Crippen LogP contribution in [0.3, 0.4) is 0 Å². The van der Waals surface area contributed by atoms with Crippen molar-refractivity contribution in [2.45, 2.75) is 13.8 Å². The molecule has 126 valence electrons. The van der Waals surface area contributed by atoms with E-state index in [2.05, 4.69) is 15.9 Å². The summed E-state index contributed by atoms with van der Waals surface area (Å²) in [6.07, 6.45) is 0. The number of carbonyl (C=O) groups excluding carboxylic acids is 1. The highest BCUT2D eigenvalue weighted by atomic mass is 79.9. The van der Waals surface area contributed by atoms with E-state index in [4.69, 9.17) is 21.6 Å². The Labute approximate surface area is 158 Å². The first-order valence-electron chi connectivity index (χ1n) is 7.55. The zero-order chi connectivity index (χ0) is 18.1. The van der Waals surface area contributed by atoms with E-state index < -0.39 is 0 Å². The predicted octanol–water partition coefficient (Wildman–Crippen LogP) is 5.46. The lowest BCUT2D eigenvalue weighted by atomic mass is 10.1. The van der Waals surface area contributed by atoms with Gasteiger partial charge in [-0.1, -0.05) is 11.6 Å². The van der Waals surface area contributed by atoms with Gasteiger partial charge in [0.25, 0.3) is 0 Å². The number of rotatable bonds is 4. The van der Waals surface area contributed by atoms with Gasteiger partial charge >= 0.3 is 0 Å². The number of nitrogens with zero attached hydrogens (tertiary/aromatic N) is 2. The van der Waals surface area contributed by atoms with E-state index in [0.717, 1.165) is 26.8 Å². The van der Waals surface area contributed by atoms with Crippen molar-refractivity contribution >= 4 is 44.2 Å². The quantitative estimate of drug-likeness (QED) is 0.530. The van der Waals surface area contributed by atoms with Crippen molar-refractivity contribution in [3.8, 4) is 17.5 Å². The van der Waals surface area contributed by atoms with Crippen LogP contribution in [0.5, 0.6) is 5.75 Å². The Hall–Kier alpha value is -2.29. The van der Waals surface area contributed by atoms with E-state index in [-0.39, 0.29) is 12.4 Å². The van der Waals surface area contributed by atoms with E-state index in [0.29, 0.717) is 16.3 Å². The van der Waals surface area contributed by atoms with Crippen LogP contribution in [0, 0.1) is 18.3 Å². The van der Waals surface area contributed by atoms with Crippen molar-refractivity contribution in [1.29, 1.82) is 5.26 Å². The Kier molecular flexibility index (Phi) is 4.85. The maximum atomic E-state index is 12.2. The molecule has 1 aromatic heterocycles. The molecule has 0 atom stereocenters. The molecule has 0 amide bonds. The van der Waals surface area contributed by atoms with Crippen LogP contribution in [0.4, 0.5) is 0 Å². The number of hydrogen-bond acceptors (Lipinski definition) is 3. The highest BCUT2D eigenvalue weighted by Gasteiger charge is 2.20. The normalized spacial score (nSPS) is 10.7. The monoisotopic (exact) mass is 416 g/mol. The summed E-state index contributed by atoms with van der Waals surface area (Å²) in [5.41, 5.74) is 3.27. The lowest BCUT2D eigenvalue weighted by molar-refractivity contribution is 0.101. The number of aromatic nitrogens is 1. The van der Waals surface area contributed by atoms with E-state index in [1.807, 2.05) is 47.9 Å². The Morgan fingerprint density at radius 1 is 1.32 bits per heavy atom. The minimum atomic E-state index is -0.0591. The number of nitriles is 1. The molecule has 0 unspecified atom stereocenters. The number of halogens is 2. The maximum Gasteiger partial charge on any atom is 0.174 e. The lowest BCUT2D eigenvalue weighted by Crippen LogP contribution is -1.99. The minimum Gasteiger partial charge on any atom is -0.478 e. The van der Waals surface area contributed by atoms with Crippen molar-refractivity contribution in [3.63, 3.8) is 0 Å². The fourth-order valence-corrected chi connectivity index (χ4v) is 3.58. The van der Waals surface area contributed by atoms with Gasteiger partial charge in [-0.25, -0.2) is 0 Å². The minimum absolute atomic E-state index is 0.0243. The summed E-state index contributed by atoms with van der Waals surface area (Å²) in [5.74, 6) is 0.508. The van der Waals surface area contributed by atoms with Gasteiger partial charge in [0.05, 0.1) is 9.99 Å². The van der Waals surface area contributed by atoms with Gasteiger partial charge in [-0.05, 0) is 66.2 Å². The first-order chi connectivity index (χ1) is 11.9. The zero-order valence-electron chi connectivity index (χ0n) is 13.6. The second kappa shape index (κ2) is 6.91. The van der Waals surface area contributed by atoms with Crippen molar-refractivity contribution < 1.29 is 9.53 Å². The third-order valence-electron chi connectivity index (χ3n) is 3.99. The summed E-state index contributed by atoms with van der Waals surface area (Å²) in [5, 5.41) is 10.2. The Bertz CT molecular complexity index is 1020. The maximum absolute atomic E-state index is 12.2. The molecule has 0 fully saturated rings. The van der Waals surface area contributed by atoms with Crippen LogP contribution in [0.1, 0.15) is 23.0 Å². The number of Topliss-reactive ketones (excluding diaryl/α,β-unsaturated/α-hetero) is 1. The average molecular weight is 418 g/mol. The molecule has 0 radical (unpaired) electrons. The number of ether oxygens (including phenoxy) is 1. The Morgan fingerprint density at radius 3 is 2.60 bits per heavy atom. The van der Waals surface area contributed by atoms with E-state index in [1.54, 1.807) is 13.0 Å². The third-order valence-corrected chi connectivity index (χ3v) is 4.86. The molecule has 2 aromatic carbocycles. The van der Waals surface area contributed by atoms with Crippen molar-refractivity contribution in [2.75, 3.05) is 6.61 Å². The van der Waals surface area contributed by atoms with Crippen molar-refractivity contribution in [1.82, 2.24) is 4.57 Å². The molecule has 25 heavy (non-hydrogen) atoms. The molecule has 0 spiro atoms. The van der Waals surface area contributed by atoms with Crippen LogP contribution < -0.4 is 4.74 Å². The molecule has 3 aromatic rings. The molecule has 1 heterocycles. The summed E-state index contributed by atoms with van der Waals surface area (Å²) in [6.45, 7) is 3.40. The molecular formula is C19H14BrClN2O2. The topological polar surface area (TPSA) is 55.0 Å². The molecule has 0 saturated carbocycles. The first kappa shape index (κ1) is 17.5. The van der Waals surface area contributed by atoms with Gasteiger partial charge in [-0.15, -0.1) is 0 Å². The summed E-state index contributed by atoms with van der Waals surface area (Å²) < 4.78 is 8.19. The molecule has 3 rings (SSSR count). The molecule has 0 aliphatic rings. The first-order valence-corrected chi connectivity index (χ1v) is 8.72. The highest BCUT2D eigenvalue weighted by molar-refractivity contribution is 9.10. The van der Waals surface area contributed by atoms with Gasteiger partial charge in [0.1, 0.15) is 11.8 Å². The fraction of sp³-hybridized carbons (Fsp3) is 0.158. The second-order valence-electron chi connectivity index (χ2n) is 5.57. The largest absolute Gasteiger partial charge is 0.478 e. The van der Waals surface area contributed by atoms with Crippen LogP contribution in [-0.4, -0.2) is 17.0 Å². The number of benzene rings is 2. The van der Waals surface area contributed by atoms with Crippen molar-refractivity contribution in [3.05, 3.63) is 57.2 Å². The number of hydrogen-bond donors (Lipinski definition) is 0. The third kappa shape index (κ3) is 3.15. The van der Waals surface area contributed by atoms with Crippen LogP contribution >= 0.6 is 27.5 Å². The predicted molar refractivity (Wildman–Crippen MR) is 102 cm³/mol. The summed E-state index contributed by atoms with van der Waals surface area (Å²) in [7, 11) is 0. The van der Waals surface area contributed by atoms with Crippen LogP contribution in [0.2, 0.25) is 5.02 Å². The van der Waals surface area contributed by atoms with Gasteiger partial charge in [0.2, 0.25) is 0 Å². The molecular weight excluding hydrogens is 404 g/mol. The van der Waals surface area contributed by atoms with Gasteiger partial charge in [0, 0.05) is 27.4 Å². The molecule has 0 saturated heterocycles. The number of carbonyl (C=O) groups is 1. The Morgan fingerprint density at radius 2 is 2.00 bits per heavy atom.